The molecule has 0 fully saturated rings. The summed E-state index contributed by atoms with van der Waals surface area (Å²) in [5.41, 5.74) is 1.89. The minimum atomic E-state index is -0.265. The van der Waals surface area contributed by atoms with Gasteiger partial charge in [-0.15, -0.1) is 22.7 Å². The molecule has 0 saturated carbocycles. The van der Waals surface area contributed by atoms with Crippen molar-refractivity contribution in [3.05, 3.63) is 80.4 Å². The van der Waals surface area contributed by atoms with Crippen LogP contribution in [0.15, 0.2) is 64.4 Å². The maximum Gasteiger partial charge on any atom is 0.257 e. The van der Waals surface area contributed by atoms with Gasteiger partial charge in [0.1, 0.15) is 5.82 Å². The first-order valence-electron chi connectivity index (χ1n) is 9.07. The molecule has 0 saturated heterocycles. The van der Waals surface area contributed by atoms with Gasteiger partial charge in [-0.25, -0.2) is 9.40 Å². The Balaban J connectivity index is 1.47. The fraction of sp³-hybridized carbons (Fsp3) is 0.238. The van der Waals surface area contributed by atoms with Crippen LogP contribution in [0.2, 0.25) is 0 Å². The number of carbonyl (C=O) groups excluding carboxylic acids is 1. The summed E-state index contributed by atoms with van der Waals surface area (Å²) >= 11 is 3.28. The maximum absolute atomic E-state index is 13.1. The average Bonchev–Trinajstić information content (AvgIpc) is 3.46. The van der Waals surface area contributed by atoms with Gasteiger partial charge < -0.3 is 5.32 Å². The van der Waals surface area contributed by atoms with E-state index in [4.69, 9.17) is 0 Å². The smallest absolute Gasteiger partial charge is 0.257 e. The van der Waals surface area contributed by atoms with E-state index in [2.05, 4.69) is 16.5 Å². The highest BCUT2D eigenvalue weighted by molar-refractivity contribution is 7.12. The highest BCUT2D eigenvalue weighted by Gasteiger charge is 2.33. The SMILES string of the molecule is C[C@@H](NCC(=O)N1N=C(c2cccs2)C[C@H]1c1cccs1)c1ccc(F)cc1. The molecule has 2 atom stereocenters. The molecule has 1 aliphatic heterocycles. The van der Waals surface area contributed by atoms with Gasteiger partial charge in [0, 0.05) is 17.3 Å². The van der Waals surface area contributed by atoms with Gasteiger partial charge in [0.25, 0.3) is 5.91 Å². The summed E-state index contributed by atoms with van der Waals surface area (Å²) in [6, 6.07) is 14.3. The minimum absolute atomic E-state index is 0.0620. The number of hydrogen-bond acceptors (Lipinski definition) is 5. The number of thiophene rings is 2. The van der Waals surface area contributed by atoms with E-state index in [1.165, 1.54) is 12.1 Å². The number of amides is 1. The molecule has 1 aliphatic rings. The first-order chi connectivity index (χ1) is 13.6. The first kappa shape index (κ1) is 19.0. The molecule has 1 N–H and O–H groups in total. The molecule has 0 spiro atoms. The van der Waals surface area contributed by atoms with E-state index in [9.17, 15) is 9.18 Å². The molecule has 2 aromatic heterocycles. The third-order valence-corrected chi connectivity index (χ3v) is 6.66. The number of nitrogens with zero attached hydrogens (tertiary/aromatic N) is 2. The van der Waals surface area contributed by atoms with Crippen molar-refractivity contribution in [2.24, 2.45) is 5.10 Å². The molecule has 0 aliphatic carbocycles. The molecule has 4 nitrogen and oxygen atoms in total. The first-order valence-corrected chi connectivity index (χ1v) is 10.8. The normalized spacial score (nSPS) is 17.6. The molecule has 3 aromatic rings. The Morgan fingerprint density at radius 3 is 2.64 bits per heavy atom. The second-order valence-electron chi connectivity index (χ2n) is 6.65. The molecule has 3 heterocycles. The van der Waals surface area contributed by atoms with E-state index in [0.29, 0.717) is 0 Å². The molecule has 1 aromatic carbocycles. The molecule has 4 rings (SSSR count). The lowest BCUT2D eigenvalue weighted by atomic mass is 10.1. The number of benzene rings is 1. The van der Waals surface area contributed by atoms with Crippen molar-refractivity contribution in [1.29, 1.82) is 0 Å². The van der Waals surface area contributed by atoms with Crippen molar-refractivity contribution in [2.45, 2.75) is 25.4 Å². The van der Waals surface area contributed by atoms with Crippen LogP contribution in [-0.2, 0) is 4.79 Å². The molecular weight excluding hydrogens is 393 g/mol. The number of carbonyl (C=O) groups is 1. The number of nitrogens with one attached hydrogen (secondary N) is 1. The summed E-state index contributed by atoms with van der Waals surface area (Å²) in [6.07, 6.45) is 0.723. The van der Waals surface area contributed by atoms with Gasteiger partial charge >= 0.3 is 0 Å². The Labute approximate surface area is 171 Å². The van der Waals surface area contributed by atoms with Crippen LogP contribution in [0.25, 0.3) is 0 Å². The summed E-state index contributed by atoms with van der Waals surface area (Å²) in [7, 11) is 0. The second-order valence-corrected chi connectivity index (χ2v) is 8.58. The second kappa shape index (κ2) is 8.34. The summed E-state index contributed by atoms with van der Waals surface area (Å²) in [6.45, 7) is 2.13. The molecule has 144 valence electrons. The Kier molecular flexibility index (Phi) is 5.66. The van der Waals surface area contributed by atoms with E-state index in [0.717, 1.165) is 27.5 Å². The number of rotatable bonds is 6. The third kappa shape index (κ3) is 4.06. The van der Waals surface area contributed by atoms with Crippen molar-refractivity contribution < 1.29 is 9.18 Å². The lowest BCUT2D eigenvalue weighted by Gasteiger charge is -2.22. The highest BCUT2D eigenvalue weighted by atomic mass is 32.1. The third-order valence-electron chi connectivity index (χ3n) is 4.77. The van der Waals surface area contributed by atoms with Gasteiger partial charge in [0.15, 0.2) is 0 Å². The molecule has 0 radical (unpaired) electrons. The fourth-order valence-corrected chi connectivity index (χ4v) is 4.76. The van der Waals surface area contributed by atoms with Crippen LogP contribution in [0.1, 0.15) is 40.7 Å². The van der Waals surface area contributed by atoms with Crippen LogP contribution >= 0.6 is 22.7 Å². The monoisotopic (exact) mass is 413 g/mol. The van der Waals surface area contributed by atoms with E-state index in [-0.39, 0.29) is 30.4 Å². The van der Waals surface area contributed by atoms with Gasteiger partial charge in [0.2, 0.25) is 0 Å². The Bertz CT molecular complexity index is 952. The number of hydrazone groups is 1. The van der Waals surface area contributed by atoms with Crippen molar-refractivity contribution in [2.75, 3.05) is 6.54 Å². The topological polar surface area (TPSA) is 44.7 Å². The van der Waals surface area contributed by atoms with Crippen LogP contribution in [0.5, 0.6) is 0 Å². The van der Waals surface area contributed by atoms with Crippen LogP contribution in [-0.4, -0.2) is 23.2 Å². The number of halogens is 1. The predicted molar refractivity (Wildman–Crippen MR) is 112 cm³/mol. The quantitative estimate of drug-likeness (QED) is 0.620. The Morgan fingerprint density at radius 2 is 1.96 bits per heavy atom. The maximum atomic E-state index is 13.1. The summed E-state index contributed by atoms with van der Waals surface area (Å²) < 4.78 is 13.1. The van der Waals surface area contributed by atoms with Crippen LogP contribution in [0.3, 0.4) is 0 Å². The van der Waals surface area contributed by atoms with Crippen molar-refractivity contribution in [1.82, 2.24) is 10.3 Å². The highest BCUT2D eigenvalue weighted by Crippen LogP contribution is 2.35. The van der Waals surface area contributed by atoms with Crippen LogP contribution in [0.4, 0.5) is 4.39 Å². The van der Waals surface area contributed by atoms with Gasteiger partial charge in [-0.1, -0.05) is 24.3 Å². The number of hydrogen-bond donors (Lipinski definition) is 1. The van der Waals surface area contributed by atoms with Gasteiger partial charge in [-0.2, -0.15) is 5.10 Å². The summed E-state index contributed by atoms with van der Waals surface area (Å²) in [5.74, 6) is -0.336. The lowest BCUT2D eigenvalue weighted by molar-refractivity contribution is -0.132. The lowest BCUT2D eigenvalue weighted by Crippen LogP contribution is -2.36. The van der Waals surface area contributed by atoms with E-state index >= 15 is 0 Å². The largest absolute Gasteiger partial charge is 0.302 e. The van der Waals surface area contributed by atoms with Crippen molar-refractivity contribution in [3.8, 4) is 0 Å². The molecule has 1 amide bonds. The van der Waals surface area contributed by atoms with E-state index in [1.807, 2.05) is 35.9 Å². The molecule has 0 unspecified atom stereocenters. The zero-order valence-electron chi connectivity index (χ0n) is 15.3. The summed E-state index contributed by atoms with van der Waals surface area (Å²) in [5, 5.41) is 13.6. The van der Waals surface area contributed by atoms with Gasteiger partial charge in [0.05, 0.1) is 23.2 Å². The standard InChI is InChI=1S/C21H20FN3OS2/c1-14(15-6-8-16(22)9-7-15)23-13-21(26)25-18(20-5-3-11-28-20)12-17(24-25)19-4-2-10-27-19/h2-11,14,18,23H,12-13H2,1H3/t14-,18+/m1/s1. The predicted octanol–water partition coefficient (Wildman–Crippen LogP) is 4.98. The molecule has 7 heteroatoms. The fourth-order valence-electron chi connectivity index (χ4n) is 3.23. The summed E-state index contributed by atoms with van der Waals surface area (Å²) in [4.78, 5) is 15.2. The molecule has 28 heavy (non-hydrogen) atoms. The van der Waals surface area contributed by atoms with Crippen LogP contribution in [0, 0.1) is 5.82 Å². The minimum Gasteiger partial charge on any atom is -0.302 e. The van der Waals surface area contributed by atoms with Crippen molar-refractivity contribution >= 4 is 34.3 Å². The van der Waals surface area contributed by atoms with Gasteiger partial charge in [-0.3, -0.25) is 4.79 Å². The zero-order valence-corrected chi connectivity index (χ0v) is 17.0. The molecular formula is C21H20FN3OS2. The van der Waals surface area contributed by atoms with Crippen LogP contribution < -0.4 is 5.32 Å². The molecule has 0 bridgehead atoms. The zero-order chi connectivity index (χ0) is 19.5. The average molecular weight is 414 g/mol. The Morgan fingerprint density at radius 1 is 1.21 bits per heavy atom. The Hall–Kier alpha value is -2.35. The van der Waals surface area contributed by atoms with E-state index in [1.54, 1.807) is 39.8 Å². The van der Waals surface area contributed by atoms with E-state index < -0.39 is 0 Å². The van der Waals surface area contributed by atoms with Crippen molar-refractivity contribution in [3.63, 3.8) is 0 Å². The van der Waals surface area contributed by atoms with Gasteiger partial charge in [-0.05, 0) is 47.5 Å².